The normalized spacial score (nSPS) is 30.5. The third kappa shape index (κ3) is 3.09. The minimum atomic E-state index is 0.531. The highest BCUT2D eigenvalue weighted by molar-refractivity contribution is 4.79. The molecule has 1 fully saturated rings. The molecule has 1 rings (SSSR count). The van der Waals surface area contributed by atoms with Gasteiger partial charge in [-0.1, -0.05) is 6.42 Å². The SMILES string of the molecule is COCC1CCCC(COC)N1. The molecule has 0 aromatic heterocycles. The molecule has 1 heterocycles. The molecular formula is C9H19NO2. The van der Waals surface area contributed by atoms with Crippen LogP contribution in [0.5, 0.6) is 0 Å². The van der Waals surface area contributed by atoms with Crippen LogP contribution in [0.4, 0.5) is 0 Å². The molecule has 0 bridgehead atoms. The Morgan fingerprint density at radius 2 is 1.58 bits per heavy atom. The van der Waals surface area contributed by atoms with Gasteiger partial charge < -0.3 is 14.8 Å². The topological polar surface area (TPSA) is 30.5 Å². The van der Waals surface area contributed by atoms with Crippen molar-refractivity contribution in [1.29, 1.82) is 0 Å². The first-order valence-electron chi connectivity index (χ1n) is 4.60. The van der Waals surface area contributed by atoms with Crippen molar-refractivity contribution in [2.45, 2.75) is 31.3 Å². The van der Waals surface area contributed by atoms with Crippen LogP contribution in [0.15, 0.2) is 0 Å². The van der Waals surface area contributed by atoms with Crippen molar-refractivity contribution in [3.63, 3.8) is 0 Å². The fourth-order valence-electron chi connectivity index (χ4n) is 1.78. The van der Waals surface area contributed by atoms with E-state index in [9.17, 15) is 0 Å². The van der Waals surface area contributed by atoms with Crippen LogP contribution in [-0.4, -0.2) is 39.5 Å². The van der Waals surface area contributed by atoms with Crippen LogP contribution in [-0.2, 0) is 9.47 Å². The third-order valence-electron chi connectivity index (χ3n) is 2.31. The van der Waals surface area contributed by atoms with Crippen LogP contribution in [0.1, 0.15) is 19.3 Å². The van der Waals surface area contributed by atoms with Gasteiger partial charge in [-0.05, 0) is 12.8 Å². The molecule has 72 valence electrons. The van der Waals surface area contributed by atoms with Crippen molar-refractivity contribution >= 4 is 0 Å². The second kappa shape index (κ2) is 5.51. The van der Waals surface area contributed by atoms with Crippen molar-refractivity contribution in [2.24, 2.45) is 0 Å². The molecule has 1 aliphatic rings. The average molecular weight is 173 g/mol. The van der Waals surface area contributed by atoms with Gasteiger partial charge in [-0.2, -0.15) is 0 Å². The van der Waals surface area contributed by atoms with Gasteiger partial charge in [-0.3, -0.25) is 0 Å². The monoisotopic (exact) mass is 173 g/mol. The van der Waals surface area contributed by atoms with Crippen LogP contribution in [0.25, 0.3) is 0 Å². The summed E-state index contributed by atoms with van der Waals surface area (Å²) in [6.45, 7) is 1.64. The predicted octanol–water partition coefficient (Wildman–Crippen LogP) is 0.790. The molecule has 2 unspecified atom stereocenters. The molecule has 0 saturated carbocycles. The molecule has 2 atom stereocenters. The third-order valence-corrected chi connectivity index (χ3v) is 2.31. The minimum absolute atomic E-state index is 0.531. The fourth-order valence-corrected chi connectivity index (χ4v) is 1.78. The van der Waals surface area contributed by atoms with E-state index in [1.807, 2.05) is 0 Å². The Bertz CT molecular complexity index is 103. The van der Waals surface area contributed by atoms with Crippen LogP contribution in [0.2, 0.25) is 0 Å². The van der Waals surface area contributed by atoms with Gasteiger partial charge in [-0.15, -0.1) is 0 Å². The molecular weight excluding hydrogens is 154 g/mol. The minimum Gasteiger partial charge on any atom is -0.383 e. The molecule has 12 heavy (non-hydrogen) atoms. The largest absolute Gasteiger partial charge is 0.383 e. The lowest BCUT2D eigenvalue weighted by Crippen LogP contribution is -2.46. The Balaban J connectivity index is 2.20. The highest BCUT2D eigenvalue weighted by atomic mass is 16.5. The molecule has 0 aromatic carbocycles. The lowest BCUT2D eigenvalue weighted by molar-refractivity contribution is 0.107. The number of nitrogens with one attached hydrogen (secondary N) is 1. The standard InChI is InChI=1S/C9H19NO2/c1-11-6-8-4-3-5-9(10-8)7-12-2/h8-10H,3-7H2,1-2H3. The van der Waals surface area contributed by atoms with Crippen molar-refractivity contribution < 1.29 is 9.47 Å². The number of rotatable bonds is 4. The first-order valence-corrected chi connectivity index (χ1v) is 4.60. The van der Waals surface area contributed by atoms with E-state index < -0.39 is 0 Å². The zero-order valence-corrected chi connectivity index (χ0v) is 8.01. The molecule has 3 nitrogen and oxygen atoms in total. The van der Waals surface area contributed by atoms with E-state index in [4.69, 9.17) is 9.47 Å². The van der Waals surface area contributed by atoms with Gasteiger partial charge in [0.1, 0.15) is 0 Å². The van der Waals surface area contributed by atoms with E-state index in [1.165, 1.54) is 19.3 Å². The Morgan fingerprint density at radius 1 is 1.08 bits per heavy atom. The van der Waals surface area contributed by atoms with E-state index in [0.29, 0.717) is 12.1 Å². The molecule has 0 amide bonds. The predicted molar refractivity (Wildman–Crippen MR) is 48.3 cm³/mol. The van der Waals surface area contributed by atoms with Crippen molar-refractivity contribution in [1.82, 2.24) is 5.32 Å². The number of piperidine rings is 1. The second-order valence-electron chi connectivity index (χ2n) is 3.40. The van der Waals surface area contributed by atoms with Crippen molar-refractivity contribution in [3.8, 4) is 0 Å². The van der Waals surface area contributed by atoms with E-state index in [1.54, 1.807) is 14.2 Å². The highest BCUT2D eigenvalue weighted by Gasteiger charge is 2.19. The van der Waals surface area contributed by atoms with Crippen molar-refractivity contribution in [2.75, 3.05) is 27.4 Å². The number of methoxy groups -OCH3 is 2. The number of hydrogen-bond donors (Lipinski definition) is 1. The molecule has 1 aliphatic heterocycles. The van der Waals surface area contributed by atoms with Crippen LogP contribution in [0, 0.1) is 0 Å². The molecule has 3 heteroatoms. The van der Waals surface area contributed by atoms with Gasteiger partial charge in [0.05, 0.1) is 13.2 Å². The van der Waals surface area contributed by atoms with Gasteiger partial charge in [0.15, 0.2) is 0 Å². The zero-order valence-electron chi connectivity index (χ0n) is 8.01. The molecule has 0 aliphatic carbocycles. The maximum atomic E-state index is 5.10. The van der Waals surface area contributed by atoms with Gasteiger partial charge in [-0.25, -0.2) is 0 Å². The molecule has 1 saturated heterocycles. The smallest absolute Gasteiger partial charge is 0.0615 e. The van der Waals surface area contributed by atoms with Crippen molar-refractivity contribution in [3.05, 3.63) is 0 Å². The number of ether oxygens (including phenoxy) is 2. The summed E-state index contributed by atoms with van der Waals surface area (Å²) in [5, 5.41) is 3.51. The van der Waals surface area contributed by atoms with Gasteiger partial charge >= 0.3 is 0 Å². The summed E-state index contributed by atoms with van der Waals surface area (Å²) in [7, 11) is 3.50. The lowest BCUT2D eigenvalue weighted by Gasteiger charge is -2.30. The Labute approximate surface area is 74.4 Å². The maximum absolute atomic E-state index is 5.10. The fraction of sp³-hybridized carbons (Fsp3) is 1.00. The second-order valence-corrected chi connectivity index (χ2v) is 3.40. The maximum Gasteiger partial charge on any atom is 0.0615 e. The first kappa shape index (κ1) is 9.96. The van der Waals surface area contributed by atoms with Crippen LogP contribution in [0.3, 0.4) is 0 Å². The summed E-state index contributed by atoms with van der Waals surface area (Å²) < 4.78 is 10.2. The summed E-state index contributed by atoms with van der Waals surface area (Å²) in [5.74, 6) is 0. The summed E-state index contributed by atoms with van der Waals surface area (Å²) >= 11 is 0. The lowest BCUT2D eigenvalue weighted by atomic mass is 9.99. The first-order chi connectivity index (χ1) is 5.86. The molecule has 0 spiro atoms. The van der Waals surface area contributed by atoms with Gasteiger partial charge in [0.25, 0.3) is 0 Å². The zero-order chi connectivity index (χ0) is 8.81. The Kier molecular flexibility index (Phi) is 4.58. The summed E-state index contributed by atoms with van der Waals surface area (Å²) in [4.78, 5) is 0. The summed E-state index contributed by atoms with van der Waals surface area (Å²) in [6.07, 6.45) is 3.75. The molecule has 1 N–H and O–H groups in total. The highest BCUT2D eigenvalue weighted by Crippen LogP contribution is 2.12. The van der Waals surface area contributed by atoms with Gasteiger partial charge in [0.2, 0.25) is 0 Å². The van der Waals surface area contributed by atoms with E-state index in [-0.39, 0.29) is 0 Å². The van der Waals surface area contributed by atoms with E-state index in [2.05, 4.69) is 5.32 Å². The van der Waals surface area contributed by atoms with Crippen LogP contribution >= 0.6 is 0 Å². The van der Waals surface area contributed by atoms with Gasteiger partial charge in [0, 0.05) is 26.3 Å². The summed E-state index contributed by atoms with van der Waals surface area (Å²) in [5.41, 5.74) is 0. The Morgan fingerprint density at radius 3 is 2.00 bits per heavy atom. The molecule has 0 aromatic rings. The van der Waals surface area contributed by atoms with Crippen LogP contribution < -0.4 is 5.32 Å². The number of hydrogen-bond acceptors (Lipinski definition) is 3. The quantitative estimate of drug-likeness (QED) is 0.682. The molecule has 0 radical (unpaired) electrons. The summed E-state index contributed by atoms with van der Waals surface area (Å²) in [6, 6.07) is 1.06. The van der Waals surface area contributed by atoms with E-state index >= 15 is 0 Å². The average Bonchev–Trinajstić information content (AvgIpc) is 2.06. The van der Waals surface area contributed by atoms with E-state index in [0.717, 1.165) is 13.2 Å². The Hall–Kier alpha value is -0.120.